The number of nitrogens with zero attached hydrogens (tertiary/aromatic N) is 2. The number of halogens is 3. The van der Waals surface area contributed by atoms with E-state index in [0.29, 0.717) is 23.9 Å². The molecule has 0 saturated heterocycles. The summed E-state index contributed by atoms with van der Waals surface area (Å²) in [5.74, 6) is 2.52. The van der Waals surface area contributed by atoms with E-state index in [1.165, 1.54) is 6.33 Å². The van der Waals surface area contributed by atoms with Gasteiger partial charge < -0.3 is 10.7 Å². The number of hydrazine groups is 1. The molecule has 0 radical (unpaired) electrons. The van der Waals surface area contributed by atoms with Gasteiger partial charge in [-0.2, -0.15) is 0 Å². The fourth-order valence-corrected chi connectivity index (χ4v) is 1.75. The van der Waals surface area contributed by atoms with Crippen LogP contribution in [0.5, 0.6) is 0 Å². The van der Waals surface area contributed by atoms with Crippen molar-refractivity contribution in [2.75, 3.05) is 10.7 Å². The molecule has 2 rings (SSSR count). The monoisotopic (exact) mass is 283 g/mol. The highest BCUT2D eigenvalue weighted by molar-refractivity contribution is 5.65. The molecule has 2 aromatic rings. The number of benzene rings is 1. The smallest absolute Gasteiger partial charge is 0.182 e. The van der Waals surface area contributed by atoms with Gasteiger partial charge in [-0.1, -0.05) is 6.92 Å². The van der Waals surface area contributed by atoms with Gasteiger partial charge in [0.25, 0.3) is 0 Å². The molecule has 5 nitrogen and oxygen atoms in total. The van der Waals surface area contributed by atoms with Crippen LogP contribution in [-0.2, 0) is 6.42 Å². The molecule has 0 fully saturated rings. The Balaban J connectivity index is 2.45. The van der Waals surface area contributed by atoms with Crippen molar-refractivity contribution in [3.63, 3.8) is 0 Å². The van der Waals surface area contributed by atoms with E-state index in [1.807, 2.05) is 6.92 Å². The van der Waals surface area contributed by atoms with Crippen LogP contribution in [0.4, 0.5) is 30.5 Å². The van der Waals surface area contributed by atoms with Crippen molar-refractivity contribution >= 4 is 17.3 Å². The van der Waals surface area contributed by atoms with E-state index in [-0.39, 0.29) is 11.5 Å². The first-order valence-corrected chi connectivity index (χ1v) is 5.78. The third-order valence-electron chi connectivity index (χ3n) is 2.68. The Labute approximate surface area is 113 Å². The van der Waals surface area contributed by atoms with Crippen molar-refractivity contribution in [1.29, 1.82) is 0 Å². The predicted octanol–water partition coefficient (Wildman–Crippen LogP) is 2.49. The molecule has 1 heterocycles. The zero-order chi connectivity index (χ0) is 14.7. The van der Waals surface area contributed by atoms with Crippen molar-refractivity contribution in [2.24, 2.45) is 5.84 Å². The summed E-state index contributed by atoms with van der Waals surface area (Å²) >= 11 is 0. The highest BCUT2D eigenvalue weighted by atomic mass is 19.2. The summed E-state index contributed by atoms with van der Waals surface area (Å²) in [5, 5.41) is 2.55. The molecule has 0 saturated carbocycles. The minimum Gasteiger partial charge on any atom is -0.337 e. The van der Waals surface area contributed by atoms with Gasteiger partial charge in [-0.3, -0.25) is 0 Å². The maximum atomic E-state index is 13.6. The minimum atomic E-state index is -1.28. The second-order valence-corrected chi connectivity index (χ2v) is 3.92. The topological polar surface area (TPSA) is 75.9 Å². The normalized spacial score (nSPS) is 10.4. The Bertz CT molecular complexity index is 633. The molecule has 0 atom stereocenters. The largest absolute Gasteiger partial charge is 0.337 e. The van der Waals surface area contributed by atoms with Crippen LogP contribution in [0.1, 0.15) is 12.5 Å². The molecule has 0 aliphatic rings. The van der Waals surface area contributed by atoms with Crippen molar-refractivity contribution in [3.05, 3.63) is 41.5 Å². The Morgan fingerprint density at radius 2 is 1.85 bits per heavy atom. The van der Waals surface area contributed by atoms with Crippen LogP contribution in [0.3, 0.4) is 0 Å². The third kappa shape index (κ3) is 2.64. The molecular weight excluding hydrogens is 271 g/mol. The zero-order valence-electron chi connectivity index (χ0n) is 10.5. The number of aromatic nitrogens is 2. The quantitative estimate of drug-likeness (QED) is 0.456. The van der Waals surface area contributed by atoms with E-state index >= 15 is 0 Å². The first-order chi connectivity index (χ1) is 9.56. The highest BCUT2D eigenvalue weighted by Gasteiger charge is 2.14. The second kappa shape index (κ2) is 5.74. The molecule has 0 spiro atoms. The van der Waals surface area contributed by atoms with Gasteiger partial charge >= 0.3 is 0 Å². The van der Waals surface area contributed by atoms with Crippen molar-refractivity contribution in [3.8, 4) is 0 Å². The first-order valence-electron chi connectivity index (χ1n) is 5.78. The third-order valence-corrected chi connectivity index (χ3v) is 2.68. The van der Waals surface area contributed by atoms with E-state index in [0.717, 1.165) is 6.07 Å². The summed E-state index contributed by atoms with van der Waals surface area (Å²) < 4.78 is 39.9. The summed E-state index contributed by atoms with van der Waals surface area (Å²) in [6.07, 6.45) is 1.69. The average molecular weight is 283 g/mol. The second-order valence-electron chi connectivity index (χ2n) is 3.92. The molecule has 0 aliphatic heterocycles. The van der Waals surface area contributed by atoms with Gasteiger partial charge in [0.05, 0.1) is 5.69 Å². The van der Waals surface area contributed by atoms with Crippen molar-refractivity contribution < 1.29 is 13.2 Å². The van der Waals surface area contributed by atoms with Gasteiger partial charge in [-0.25, -0.2) is 29.0 Å². The number of rotatable bonds is 4. The van der Waals surface area contributed by atoms with Crippen LogP contribution in [0.25, 0.3) is 0 Å². The average Bonchev–Trinajstić information content (AvgIpc) is 2.43. The van der Waals surface area contributed by atoms with Crippen LogP contribution in [0, 0.1) is 17.5 Å². The summed E-state index contributed by atoms with van der Waals surface area (Å²) in [6, 6.07) is 1.31. The first kappa shape index (κ1) is 14.1. The number of nitrogens with one attached hydrogen (secondary N) is 2. The van der Waals surface area contributed by atoms with E-state index in [4.69, 9.17) is 5.84 Å². The lowest BCUT2D eigenvalue weighted by Crippen LogP contribution is -2.13. The number of hydrogen-bond donors (Lipinski definition) is 3. The molecule has 0 amide bonds. The van der Waals surface area contributed by atoms with E-state index in [9.17, 15) is 13.2 Å². The lowest BCUT2D eigenvalue weighted by molar-refractivity contribution is 0.498. The lowest BCUT2D eigenvalue weighted by Gasteiger charge is -2.13. The van der Waals surface area contributed by atoms with Crippen LogP contribution in [-0.4, -0.2) is 9.97 Å². The lowest BCUT2D eigenvalue weighted by atomic mass is 10.2. The number of nitrogens with two attached hydrogens (primary N) is 1. The molecule has 1 aromatic carbocycles. The molecule has 106 valence electrons. The Hall–Kier alpha value is -2.35. The van der Waals surface area contributed by atoms with E-state index in [2.05, 4.69) is 20.7 Å². The van der Waals surface area contributed by atoms with E-state index < -0.39 is 17.5 Å². The minimum absolute atomic E-state index is 0.222. The summed E-state index contributed by atoms with van der Waals surface area (Å²) in [7, 11) is 0. The molecule has 4 N–H and O–H groups in total. The molecule has 20 heavy (non-hydrogen) atoms. The molecular formula is C12H12F3N5. The van der Waals surface area contributed by atoms with Gasteiger partial charge in [0.1, 0.15) is 23.8 Å². The number of nitrogen functional groups attached to an aromatic ring is 1. The van der Waals surface area contributed by atoms with Gasteiger partial charge in [0.15, 0.2) is 11.6 Å². The van der Waals surface area contributed by atoms with Crippen LogP contribution in [0.15, 0.2) is 18.5 Å². The maximum Gasteiger partial charge on any atom is 0.182 e. The van der Waals surface area contributed by atoms with Crippen LogP contribution < -0.4 is 16.6 Å². The summed E-state index contributed by atoms with van der Waals surface area (Å²) in [6.45, 7) is 1.81. The Morgan fingerprint density at radius 3 is 2.50 bits per heavy atom. The molecule has 0 unspecified atom stereocenters. The SMILES string of the molecule is CCc1c(NN)ncnc1Nc1cc(F)cc(F)c1F. The number of hydrogen-bond acceptors (Lipinski definition) is 5. The molecule has 1 aromatic heterocycles. The fraction of sp³-hybridized carbons (Fsp3) is 0.167. The van der Waals surface area contributed by atoms with Gasteiger partial charge in [0, 0.05) is 17.7 Å². The highest BCUT2D eigenvalue weighted by Crippen LogP contribution is 2.26. The predicted molar refractivity (Wildman–Crippen MR) is 68.8 cm³/mol. The van der Waals surface area contributed by atoms with E-state index in [1.54, 1.807) is 0 Å². The maximum absolute atomic E-state index is 13.6. The van der Waals surface area contributed by atoms with Gasteiger partial charge in [0.2, 0.25) is 0 Å². The standard InChI is InChI=1S/C12H12F3N5/c1-2-7-11(17-5-18-12(7)20-16)19-9-4-6(13)3-8(14)10(9)15/h3-5H,2,16H2,1H3,(H2,17,18,19,20). The van der Waals surface area contributed by atoms with Crippen molar-refractivity contribution in [1.82, 2.24) is 9.97 Å². The van der Waals surface area contributed by atoms with Crippen LogP contribution in [0.2, 0.25) is 0 Å². The molecule has 0 bridgehead atoms. The molecule has 8 heteroatoms. The Morgan fingerprint density at radius 1 is 1.15 bits per heavy atom. The fourth-order valence-electron chi connectivity index (χ4n) is 1.75. The van der Waals surface area contributed by atoms with Gasteiger partial charge in [-0.05, 0) is 6.42 Å². The van der Waals surface area contributed by atoms with Gasteiger partial charge in [-0.15, -0.1) is 0 Å². The van der Waals surface area contributed by atoms with Crippen molar-refractivity contribution in [2.45, 2.75) is 13.3 Å². The zero-order valence-corrected chi connectivity index (χ0v) is 10.5. The van der Waals surface area contributed by atoms with Crippen LogP contribution >= 0.6 is 0 Å². The molecule has 0 aliphatic carbocycles. The number of anilines is 3. The Kier molecular flexibility index (Phi) is 4.04. The summed E-state index contributed by atoms with van der Waals surface area (Å²) in [5.41, 5.74) is 2.60. The summed E-state index contributed by atoms with van der Waals surface area (Å²) in [4.78, 5) is 7.82.